The second-order valence-corrected chi connectivity index (χ2v) is 7.59. The number of benzene rings is 1. The summed E-state index contributed by atoms with van der Waals surface area (Å²) in [7, 11) is 5.36. The second-order valence-electron chi connectivity index (χ2n) is 6.75. The molecule has 1 fully saturated rings. The molecule has 1 aliphatic heterocycles. The minimum atomic E-state index is -1.25. The number of carbonyl (C=O) groups excluding carboxylic acids is 4. The van der Waals surface area contributed by atoms with Gasteiger partial charge in [0.15, 0.2) is 0 Å². The molecule has 0 bridgehead atoms. The molecule has 1 aromatic rings. The third-order valence-corrected chi connectivity index (χ3v) is 4.81. The predicted molar refractivity (Wildman–Crippen MR) is 130 cm³/mol. The van der Waals surface area contributed by atoms with Gasteiger partial charge in [-0.3, -0.25) is 14.9 Å². The molecule has 37 heavy (non-hydrogen) atoms. The minimum absolute atomic E-state index is 0.0947. The third kappa shape index (κ3) is 14.6. The monoisotopic (exact) mass is 566 g/mol. The summed E-state index contributed by atoms with van der Waals surface area (Å²) >= 11 is 11.8. The number of rotatable bonds is 7. The molecule has 13 nitrogen and oxygen atoms in total. The van der Waals surface area contributed by atoms with Crippen LogP contribution in [0.4, 0.5) is 9.59 Å². The van der Waals surface area contributed by atoms with E-state index in [0.29, 0.717) is 24.3 Å². The first kappa shape index (κ1) is 33.4. The quantitative estimate of drug-likeness (QED) is 0.214. The molecule has 2 unspecified atom stereocenters. The number of amides is 2. The van der Waals surface area contributed by atoms with Gasteiger partial charge in [0, 0.05) is 24.3 Å². The number of hydrogen-bond acceptors (Lipinski definition) is 11. The number of esters is 1. The normalized spacial score (nSPS) is 15.6. The number of nitrogens with one attached hydrogen (secondary N) is 1. The molecule has 0 aromatic heterocycles. The van der Waals surface area contributed by atoms with E-state index < -0.39 is 24.2 Å². The molecule has 1 aromatic carbocycles. The molecule has 1 heterocycles. The van der Waals surface area contributed by atoms with E-state index in [9.17, 15) is 19.2 Å². The van der Waals surface area contributed by atoms with Gasteiger partial charge < -0.3 is 33.7 Å². The summed E-state index contributed by atoms with van der Waals surface area (Å²) in [6, 6.07) is 4.55. The predicted octanol–water partition coefficient (Wildman–Crippen LogP) is 3.08. The molecule has 0 radical (unpaired) electrons. The molecule has 2 rings (SSSR count). The first-order valence-electron chi connectivity index (χ1n) is 10.3. The van der Waals surface area contributed by atoms with E-state index in [0.717, 1.165) is 7.11 Å². The molecule has 2 amide bonds. The summed E-state index contributed by atoms with van der Waals surface area (Å²) in [5, 5.41) is 10.2. The Morgan fingerprint density at radius 1 is 1.14 bits per heavy atom. The standard InChI is InChI=1S/C17H18Cl2N2O5.C3H6O3.C2H4O3/c1-21(7-6-15(23)20-10-22)16-5-3-12(26-16)9-25-17(24)13-4-2-11(18)8-14(13)19;1-5-3(4)6-2;1-5-2(3)4/h2,4,6-8,10,12,16H,3,5,9H2,1H3,(H,20,22,23);1-2H3;1H3,(H,3,4)/b7-6-;;. The summed E-state index contributed by atoms with van der Waals surface area (Å²) in [6.07, 6.45) is 2.06. The Morgan fingerprint density at radius 2 is 1.76 bits per heavy atom. The van der Waals surface area contributed by atoms with Gasteiger partial charge in [-0.05, 0) is 31.0 Å². The van der Waals surface area contributed by atoms with Crippen molar-refractivity contribution in [3.8, 4) is 0 Å². The van der Waals surface area contributed by atoms with Crippen molar-refractivity contribution in [3.63, 3.8) is 0 Å². The van der Waals surface area contributed by atoms with Crippen LogP contribution in [-0.4, -0.2) is 87.9 Å². The lowest BCUT2D eigenvalue weighted by atomic mass is 10.2. The zero-order chi connectivity index (χ0) is 28.4. The smallest absolute Gasteiger partial charge is 0.459 e. The Morgan fingerprint density at radius 3 is 2.24 bits per heavy atom. The van der Waals surface area contributed by atoms with Crippen molar-refractivity contribution in [2.45, 2.75) is 25.2 Å². The lowest BCUT2D eigenvalue weighted by Gasteiger charge is -2.22. The number of imide groups is 1. The van der Waals surface area contributed by atoms with Crippen LogP contribution in [0.5, 0.6) is 0 Å². The molecule has 15 heteroatoms. The van der Waals surface area contributed by atoms with E-state index in [2.05, 4.69) is 14.2 Å². The number of hydrogen-bond donors (Lipinski definition) is 2. The zero-order valence-corrected chi connectivity index (χ0v) is 22.0. The van der Waals surface area contributed by atoms with Crippen LogP contribution in [0.2, 0.25) is 10.0 Å². The van der Waals surface area contributed by atoms with Gasteiger partial charge in [0.25, 0.3) is 5.91 Å². The second kappa shape index (κ2) is 18.7. The number of ether oxygens (including phenoxy) is 5. The lowest BCUT2D eigenvalue weighted by Crippen LogP contribution is -2.29. The number of methoxy groups -OCH3 is 3. The van der Waals surface area contributed by atoms with Gasteiger partial charge in [-0.25, -0.2) is 14.4 Å². The lowest BCUT2D eigenvalue weighted by molar-refractivity contribution is -0.121. The van der Waals surface area contributed by atoms with Gasteiger partial charge in [-0.2, -0.15) is 0 Å². The van der Waals surface area contributed by atoms with Crippen LogP contribution >= 0.6 is 23.2 Å². The maximum absolute atomic E-state index is 12.1. The number of carbonyl (C=O) groups is 5. The molecule has 1 saturated heterocycles. The highest BCUT2D eigenvalue weighted by Crippen LogP contribution is 2.24. The first-order valence-corrected chi connectivity index (χ1v) is 11.0. The summed E-state index contributed by atoms with van der Waals surface area (Å²) in [6.45, 7) is 0.0947. The fourth-order valence-corrected chi connectivity index (χ4v) is 2.97. The van der Waals surface area contributed by atoms with Crippen LogP contribution < -0.4 is 5.32 Å². The number of carboxylic acid groups (broad SMARTS) is 1. The topological polar surface area (TPSA) is 167 Å². The molecular weight excluding hydrogens is 539 g/mol. The fraction of sp³-hybridized carbons (Fsp3) is 0.409. The molecule has 0 aliphatic carbocycles. The zero-order valence-electron chi connectivity index (χ0n) is 20.5. The Hall–Kier alpha value is -3.55. The van der Waals surface area contributed by atoms with Gasteiger partial charge in [-0.15, -0.1) is 0 Å². The summed E-state index contributed by atoms with van der Waals surface area (Å²) < 4.78 is 22.8. The van der Waals surface area contributed by atoms with Crippen molar-refractivity contribution in [2.24, 2.45) is 0 Å². The van der Waals surface area contributed by atoms with E-state index in [-0.39, 0.29) is 29.5 Å². The highest BCUT2D eigenvalue weighted by Gasteiger charge is 2.28. The third-order valence-electron chi connectivity index (χ3n) is 4.26. The Kier molecular flexibility index (Phi) is 16.9. The highest BCUT2D eigenvalue weighted by molar-refractivity contribution is 6.36. The summed E-state index contributed by atoms with van der Waals surface area (Å²) in [5.41, 5.74) is 0.242. The molecule has 0 saturated carbocycles. The van der Waals surface area contributed by atoms with Crippen molar-refractivity contribution in [3.05, 3.63) is 46.1 Å². The summed E-state index contributed by atoms with van der Waals surface area (Å²) in [5.74, 6) is -1.06. The maximum atomic E-state index is 12.1. The maximum Gasteiger partial charge on any atom is 0.507 e. The van der Waals surface area contributed by atoms with Crippen LogP contribution in [0, 0.1) is 0 Å². The van der Waals surface area contributed by atoms with Crippen LogP contribution in [0.25, 0.3) is 0 Å². The van der Waals surface area contributed by atoms with Crippen LogP contribution in [0.15, 0.2) is 30.5 Å². The van der Waals surface area contributed by atoms with Crippen LogP contribution in [0.3, 0.4) is 0 Å². The van der Waals surface area contributed by atoms with Crippen LogP contribution in [0.1, 0.15) is 23.2 Å². The largest absolute Gasteiger partial charge is 0.507 e. The van der Waals surface area contributed by atoms with Gasteiger partial charge in [0.2, 0.25) is 6.41 Å². The van der Waals surface area contributed by atoms with Crippen LogP contribution in [-0.2, 0) is 33.3 Å². The molecule has 2 N–H and O–H groups in total. The Balaban J connectivity index is 0.000000987. The average molecular weight is 567 g/mol. The van der Waals surface area contributed by atoms with Gasteiger partial charge in [0.1, 0.15) is 12.8 Å². The Labute approximate surface area is 223 Å². The average Bonchev–Trinajstić information content (AvgIpc) is 3.35. The first-order chi connectivity index (χ1) is 17.5. The van der Waals surface area contributed by atoms with Crippen molar-refractivity contribution in [1.29, 1.82) is 0 Å². The van der Waals surface area contributed by atoms with E-state index in [1.165, 1.54) is 38.6 Å². The Bertz CT molecular complexity index is 937. The van der Waals surface area contributed by atoms with Crippen molar-refractivity contribution in [2.75, 3.05) is 35.0 Å². The van der Waals surface area contributed by atoms with Gasteiger partial charge in [0.05, 0.1) is 38.0 Å². The molecule has 0 spiro atoms. The van der Waals surface area contributed by atoms with Gasteiger partial charge >= 0.3 is 18.3 Å². The minimum Gasteiger partial charge on any atom is -0.459 e. The van der Waals surface area contributed by atoms with E-state index in [1.807, 2.05) is 5.32 Å². The van der Waals surface area contributed by atoms with Crippen molar-refractivity contribution < 1.29 is 52.8 Å². The van der Waals surface area contributed by atoms with Gasteiger partial charge in [-0.1, -0.05) is 23.2 Å². The molecule has 1 aliphatic rings. The molecule has 206 valence electrons. The number of nitrogens with zero attached hydrogens (tertiary/aromatic N) is 1. The molecule has 2 atom stereocenters. The van der Waals surface area contributed by atoms with E-state index in [4.69, 9.17) is 42.6 Å². The van der Waals surface area contributed by atoms with E-state index in [1.54, 1.807) is 18.0 Å². The van der Waals surface area contributed by atoms with E-state index >= 15 is 0 Å². The number of halogens is 2. The van der Waals surface area contributed by atoms with Crippen molar-refractivity contribution in [1.82, 2.24) is 10.2 Å². The molecular formula is C22H28Cl2N2O11. The van der Waals surface area contributed by atoms with Crippen molar-refractivity contribution >= 4 is 53.8 Å². The summed E-state index contributed by atoms with van der Waals surface area (Å²) in [4.78, 5) is 54.1. The highest BCUT2D eigenvalue weighted by atomic mass is 35.5. The SMILES string of the molecule is CN(/C=C\C(=O)NC=O)C1CCC(COC(=O)c2ccc(Cl)cc2Cl)O1.COC(=O)O.COC(=O)OC. The fourth-order valence-electron chi connectivity index (χ4n) is 2.48.